The van der Waals surface area contributed by atoms with Crippen LogP contribution in [-0.2, 0) is 10.2 Å². The smallest absolute Gasteiger partial charge is 0.280 e. The Kier molecular flexibility index (Phi) is 5.17. The van der Waals surface area contributed by atoms with Crippen LogP contribution >= 0.6 is 0 Å². The third kappa shape index (κ3) is 4.50. The molecule has 0 spiro atoms. The molecule has 0 unspecified atom stereocenters. The van der Waals surface area contributed by atoms with Crippen molar-refractivity contribution in [1.82, 2.24) is 9.03 Å². The van der Waals surface area contributed by atoms with E-state index < -0.39 is 15.7 Å². The number of nitrogens with zero attached hydrogens (tertiary/aromatic N) is 1. The monoisotopic (exact) mass is 277 g/mol. The summed E-state index contributed by atoms with van der Waals surface area (Å²) in [5.74, 6) is 0. The van der Waals surface area contributed by atoms with Gasteiger partial charge in [-0.3, -0.25) is 0 Å². The quantitative estimate of drug-likeness (QED) is 0.811. The minimum Gasteiger partial charge on any atom is -0.328 e. The molecule has 0 aliphatic heterocycles. The van der Waals surface area contributed by atoms with Gasteiger partial charge in [-0.05, 0) is 46.5 Å². The fraction of sp³-hybridized carbons (Fsp3) is 1.00. The Balaban J connectivity index is 2.76. The predicted molar refractivity (Wildman–Crippen MR) is 74.4 cm³/mol. The first-order valence-electron chi connectivity index (χ1n) is 6.72. The summed E-state index contributed by atoms with van der Waals surface area (Å²) in [4.78, 5) is 0. The van der Waals surface area contributed by atoms with Crippen LogP contribution in [0, 0.1) is 0 Å². The van der Waals surface area contributed by atoms with Gasteiger partial charge in [0.25, 0.3) is 10.2 Å². The van der Waals surface area contributed by atoms with Crippen molar-refractivity contribution in [3.8, 4) is 0 Å². The van der Waals surface area contributed by atoms with Gasteiger partial charge in [-0.1, -0.05) is 6.92 Å². The second-order valence-corrected chi connectivity index (χ2v) is 7.75. The molecule has 3 N–H and O–H groups in total. The van der Waals surface area contributed by atoms with Crippen LogP contribution < -0.4 is 10.5 Å². The van der Waals surface area contributed by atoms with Crippen LogP contribution in [0.4, 0.5) is 0 Å². The molecule has 0 aromatic carbocycles. The molecule has 18 heavy (non-hydrogen) atoms. The lowest BCUT2D eigenvalue weighted by Crippen LogP contribution is -2.53. The molecule has 0 aromatic rings. The highest BCUT2D eigenvalue weighted by Gasteiger charge is 2.33. The normalized spacial score (nSPS) is 26.6. The maximum absolute atomic E-state index is 12.3. The van der Waals surface area contributed by atoms with Gasteiger partial charge in [0.15, 0.2) is 0 Å². The van der Waals surface area contributed by atoms with E-state index in [0.717, 1.165) is 25.7 Å². The predicted octanol–water partition coefficient (Wildman–Crippen LogP) is 1.21. The first kappa shape index (κ1) is 15.9. The topological polar surface area (TPSA) is 75.4 Å². The van der Waals surface area contributed by atoms with Crippen LogP contribution in [-0.4, -0.2) is 36.9 Å². The molecule has 0 amide bonds. The lowest BCUT2D eigenvalue weighted by atomic mass is 9.92. The summed E-state index contributed by atoms with van der Waals surface area (Å²) in [5.41, 5.74) is 5.42. The van der Waals surface area contributed by atoms with Gasteiger partial charge in [0.1, 0.15) is 0 Å². The van der Waals surface area contributed by atoms with Crippen molar-refractivity contribution < 1.29 is 8.42 Å². The molecule has 0 saturated heterocycles. The van der Waals surface area contributed by atoms with Crippen LogP contribution in [0.15, 0.2) is 0 Å². The number of hydrogen-bond acceptors (Lipinski definition) is 3. The van der Waals surface area contributed by atoms with Crippen LogP contribution in [0.5, 0.6) is 0 Å². The molecule has 5 nitrogen and oxygen atoms in total. The standard InChI is InChI=1S/C12H27N3O2S/c1-5-15(11-8-6-10(13)7-9-11)18(16,17)14-12(2,3)4/h10-11,14H,5-9,13H2,1-4H3. The zero-order valence-electron chi connectivity index (χ0n) is 11.9. The van der Waals surface area contributed by atoms with E-state index in [9.17, 15) is 8.42 Å². The van der Waals surface area contributed by atoms with Crippen molar-refractivity contribution >= 4 is 10.2 Å². The number of nitrogens with one attached hydrogen (secondary N) is 1. The third-order valence-corrected chi connectivity index (χ3v) is 5.25. The van der Waals surface area contributed by atoms with E-state index in [1.54, 1.807) is 4.31 Å². The van der Waals surface area contributed by atoms with Crippen molar-refractivity contribution in [1.29, 1.82) is 0 Å². The SMILES string of the molecule is CCN(C1CCC(N)CC1)S(=O)(=O)NC(C)(C)C. The van der Waals surface area contributed by atoms with Gasteiger partial charge < -0.3 is 5.73 Å². The first-order chi connectivity index (χ1) is 8.15. The lowest BCUT2D eigenvalue weighted by molar-refractivity contribution is 0.242. The van der Waals surface area contributed by atoms with E-state index in [-0.39, 0.29) is 12.1 Å². The third-order valence-electron chi connectivity index (χ3n) is 3.20. The summed E-state index contributed by atoms with van der Waals surface area (Å²) in [7, 11) is -3.40. The summed E-state index contributed by atoms with van der Waals surface area (Å²) in [6, 6.07) is 0.327. The van der Waals surface area contributed by atoms with E-state index in [4.69, 9.17) is 5.73 Å². The highest BCUT2D eigenvalue weighted by molar-refractivity contribution is 7.87. The van der Waals surface area contributed by atoms with Crippen molar-refractivity contribution in [3.05, 3.63) is 0 Å². The summed E-state index contributed by atoms with van der Waals surface area (Å²) in [5, 5.41) is 0. The first-order valence-corrected chi connectivity index (χ1v) is 8.16. The lowest BCUT2D eigenvalue weighted by Gasteiger charge is -2.36. The molecule has 1 aliphatic rings. The van der Waals surface area contributed by atoms with Crippen molar-refractivity contribution in [2.24, 2.45) is 5.73 Å². The number of rotatable bonds is 4. The van der Waals surface area contributed by atoms with Crippen molar-refractivity contribution in [2.75, 3.05) is 6.54 Å². The number of hydrogen-bond donors (Lipinski definition) is 2. The van der Waals surface area contributed by atoms with Gasteiger partial charge >= 0.3 is 0 Å². The summed E-state index contributed by atoms with van der Waals surface area (Å²) in [6.07, 6.45) is 3.54. The Morgan fingerprint density at radius 2 is 1.72 bits per heavy atom. The summed E-state index contributed by atoms with van der Waals surface area (Å²) >= 11 is 0. The molecule has 6 heteroatoms. The maximum atomic E-state index is 12.3. The molecule has 0 bridgehead atoms. The molecular weight excluding hydrogens is 250 g/mol. The van der Waals surface area contributed by atoms with Gasteiger partial charge in [-0.25, -0.2) is 0 Å². The largest absolute Gasteiger partial charge is 0.328 e. The Morgan fingerprint density at radius 3 is 2.11 bits per heavy atom. The summed E-state index contributed by atoms with van der Waals surface area (Å²) in [6.45, 7) is 7.96. The van der Waals surface area contributed by atoms with Gasteiger partial charge in [0.2, 0.25) is 0 Å². The van der Waals surface area contributed by atoms with Crippen molar-refractivity contribution in [3.63, 3.8) is 0 Å². The molecule has 1 rings (SSSR count). The maximum Gasteiger partial charge on any atom is 0.280 e. The molecule has 1 fully saturated rings. The fourth-order valence-corrected chi connectivity index (χ4v) is 4.29. The van der Waals surface area contributed by atoms with E-state index in [1.807, 2.05) is 27.7 Å². The van der Waals surface area contributed by atoms with E-state index in [2.05, 4.69) is 4.72 Å². The number of nitrogens with two attached hydrogens (primary N) is 1. The average molecular weight is 277 g/mol. The highest BCUT2D eigenvalue weighted by Crippen LogP contribution is 2.24. The van der Waals surface area contributed by atoms with Crippen LogP contribution in [0.1, 0.15) is 53.4 Å². The Labute approximate surface area is 111 Å². The zero-order valence-corrected chi connectivity index (χ0v) is 12.8. The van der Waals surface area contributed by atoms with E-state index in [0.29, 0.717) is 6.54 Å². The van der Waals surface area contributed by atoms with Crippen LogP contribution in [0.25, 0.3) is 0 Å². The summed E-state index contributed by atoms with van der Waals surface area (Å²) < 4.78 is 29.0. The van der Waals surface area contributed by atoms with E-state index >= 15 is 0 Å². The highest BCUT2D eigenvalue weighted by atomic mass is 32.2. The molecule has 108 valence electrons. The molecule has 0 heterocycles. The Morgan fingerprint density at radius 1 is 1.22 bits per heavy atom. The average Bonchev–Trinajstić information content (AvgIpc) is 2.17. The molecular formula is C12H27N3O2S. The molecule has 0 radical (unpaired) electrons. The second-order valence-electron chi connectivity index (χ2n) is 6.13. The minimum absolute atomic E-state index is 0.0923. The molecule has 1 saturated carbocycles. The fourth-order valence-electron chi connectivity index (χ4n) is 2.46. The van der Waals surface area contributed by atoms with Gasteiger partial charge in [0.05, 0.1) is 0 Å². The van der Waals surface area contributed by atoms with Crippen molar-refractivity contribution in [2.45, 2.75) is 71.0 Å². The zero-order chi connectivity index (χ0) is 14.0. The molecule has 1 aliphatic carbocycles. The Bertz CT molecular complexity index is 354. The minimum atomic E-state index is -3.40. The van der Waals surface area contributed by atoms with Crippen LogP contribution in [0.2, 0.25) is 0 Å². The molecule has 0 aromatic heterocycles. The van der Waals surface area contributed by atoms with Gasteiger partial charge in [0, 0.05) is 24.2 Å². The second kappa shape index (κ2) is 5.86. The van der Waals surface area contributed by atoms with Crippen LogP contribution in [0.3, 0.4) is 0 Å². The van der Waals surface area contributed by atoms with E-state index in [1.165, 1.54) is 0 Å². The van der Waals surface area contributed by atoms with Gasteiger partial charge in [-0.15, -0.1) is 0 Å². The Hall–Kier alpha value is -0.170. The molecule has 0 atom stereocenters. The van der Waals surface area contributed by atoms with Gasteiger partial charge in [-0.2, -0.15) is 17.4 Å².